The predicted octanol–water partition coefficient (Wildman–Crippen LogP) is 3.39. The van der Waals surface area contributed by atoms with Gasteiger partial charge in [0.2, 0.25) is 5.91 Å². The molecule has 0 saturated carbocycles. The summed E-state index contributed by atoms with van der Waals surface area (Å²) >= 11 is 12.3. The van der Waals surface area contributed by atoms with Crippen LogP contribution in [0.3, 0.4) is 0 Å². The minimum atomic E-state index is -3.89. The van der Waals surface area contributed by atoms with E-state index >= 15 is 0 Å². The van der Waals surface area contributed by atoms with Crippen LogP contribution in [0.25, 0.3) is 0 Å². The van der Waals surface area contributed by atoms with Crippen molar-refractivity contribution in [1.82, 2.24) is 14.8 Å². The van der Waals surface area contributed by atoms with E-state index in [1.807, 2.05) is 0 Å². The lowest BCUT2D eigenvalue weighted by Gasteiger charge is -2.07. The van der Waals surface area contributed by atoms with Gasteiger partial charge in [0.15, 0.2) is 0 Å². The van der Waals surface area contributed by atoms with Gasteiger partial charge >= 0.3 is 0 Å². The molecule has 0 aliphatic heterocycles. The molecule has 1 heterocycles. The molecule has 1 amide bonds. The average molecular weight is 440 g/mol. The number of benzene rings is 2. The summed E-state index contributed by atoms with van der Waals surface area (Å²) < 4.78 is 28.7. The molecule has 0 aliphatic carbocycles. The molecule has 3 rings (SSSR count). The first-order chi connectivity index (χ1) is 13.2. The van der Waals surface area contributed by atoms with Crippen molar-refractivity contribution in [3.05, 3.63) is 64.4 Å². The third kappa shape index (κ3) is 4.80. The molecule has 146 valence electrons. The Bertz CT molecular complexity index is 1090. The number of rotatable bonds is 6. The number of halogens is 2. The molecule has 1 aromatic heterocycles. The van der Waals surface area contributed by atoms with Gasteiger partial charge in [-0.05, 0) is 36.4 Å². The van der Waals surface area contributed by atoms with E-state index in [1.54, 1.807) is 18.2 Å². The SMILES string of the molecule is CC(=O)Nc1ccc(S(=O)(=O)Nc2ncn(Cc3c(Cl)cccc3Cl)n2)cc1. The number of carbonyl (C=O) groups is 1. The molecule has 0 atom stereocenters. The fraction of sp³-hybridized carbons (Fsp3) is 0.118. The molecule has 0 spiro atoms. The Kier molecular flexibility index (Phi) is 5.87. The van der Waals surface area contributed by atoms with E-state index in [-0.39, 0.29) is 23.3 Å². The van der Waals surface area contributed by atoms with Crippen LogP contribution in [0.2, 0.25) is 10.0 Å². The summed E-state index contributed by atoms with van der Waals surface area (Å²) in [6.07, 6.45) is 1.37. The average Bonchev–Trinajstić information content (AvgIpc) is 3.04. The monoisotopic (exact) mass is 439 g/mol. The maximum absolute atomic E-state index is 12.5. The quantitative estimate of drug-likeness (QED) is 0.611. The van der Waals surface area contributed by atoms with Gasteiger partial charge in [-0.1, -0.05) is 29.3 Å². The summed E-state index contributed by atoms with van der Waals surface area (Å²) in [5.41, 5.74) is 1.14. The van der Waals surface area contributed by atoms with Crippen molar-refractivity contribution in [3.8, 4) is 0 Å². The lowest BCUT2D eigenvalue weighted by molar-refractivity contribution is -0.114. The molecule has 28 heavy (non-hydrogen) atoms. The molecule has 11 heteroatoms. The van der Waals surface area contributed by atoms with Gasteiger partial charge in [0.1, 0.15) is 6.33 Å². The van der Waals surface area contributed by atoms with Crippen molar-refractivity contribution in [2.75, 3.05) is 10.0 Å². The fourth-order valence-electron chi connectivity index (χ4n) is 2.36. The molecule has 0 bridgehead atoms. The first-order valence-corrected chi connectivity index (χ1v) is 10.2. The Morgan fingerprint density at radius 2 is 1.75 bits per heavy atom. The van der Waals surface area contributed by atoms with E-state index in [2.05, 4.69) is 20.1 Å². The van der Waals surface area contributed by atoms with E-state index in [1.165, 1.54) is 42.2 Å². The number of sulfonamides is 1. The minimum absolute atomic E-state index is 0.00657. The van der Waals surface area contributed by atoms with Crippen molar-refractivity contribution in [2.45, 2.75) is 18.4 Å². The fourth-order valence-corrected chi connectivity index (χ4v) is 3.83. The molecular weight excluding hydrogens is 425 g/mol. The summed E-state index contributed by atoms with van der Waals surface area (Å²) in [4.78, 5) is 15.0. The summed E-state index contributed by atoms with van der Waals surface area (Å²) in [5.74, 6) is -0.337. The number of nitrogens with zero attached hydrogens (tertiary/aromatic N) is 3. The lowest BCUT2D eigenvalue weighted by Crippen LogP contribution is -2.14. The molecule has 0 fully saturated rings. The van der Waals surface area contributed by atoms with Crippen molar-refractivity contribution in [2.24, 2.45) is 0 Å². The van der Waals surface area contributed by atoms with Gasteiger partial charge in [-0.3, -0.25) is 4.79 Å². The standard InChI is InChI=1S/C17H15Cl2N5O3S/c1-11(25)21-12-5-7-13(8-6-12)28(26,27)23-17-20-10-24(22-17)9-14-15(18)3-2-4-16(14)19/h2-8,10H,9H2,1H3,(H,21,25)(H,22,23). The smallest absolute Gasteiger partial charge is 0.264 e. The van der Waals surface area contributed by atoms with Gasteiger partial charge in [-0.25, -0.2) is 17.8 Å². The highest BCUT2D eigenvalue weighted by atomic mass is 35.5. The first-order valence-electron chi connectivity index (χ1n) is 7.97. The van der Waals surface area contributed by atoms with Gasteiger partial charge in [-0.2, -0.15) is 4.98 Å². The highest BCUT2D eigenvalue weighted by Gasteiger charge is 2.17. The molecule has 0 saturated heterocycles. The first kappa shape index (κ1) is 20.1. The molecule has 0 unspecified atom stereocenters. The van der Waals surface area contributed by atoms with Crippen LogP contribution >= 0.6 is 23.2 Å². The second kappa shape index (κ2) is 8.17. The molecule has 0 radical (unpaired) electrons. The maximum Gasteiger partial charge on any atom is 0.264 e. The van der Waals surface area contributed by atoms with Crippen LogP contribution in [0.15, 0.2) is 53.7 Å². The van der Waals surface area contributed by atoms with E-state index in [4.69, 9.17) is 23.2 Å². The van der Waals surface area contributed by atoms with Gasteiger partial charge in [0.05, 0.1) is 11.4 Å². The molecule has 2 aromatic carbocycles. The van der Waals surface area contributed by atoms with Crippen LogP contribution in [-0.4, -0.2) is 29.1 Å². The zero-order valence-electron chi connectivity index (χ0n) is 14.6. The second-order valence-corrected chi connectivity index (χ2v) is 8.27. The van der Waals surface area contributed by atoms with Crippen LogP contribution in [0.1, 0.15) is 12.5 Å². The Morgan fingerprint density at radius 1 is 1.11 bits per heavy atom. The van der Waals surface area contributed by atoms with Crippen LogP contribution in [0.4, 0.5) is 11.6 Å². The number of nitrogens with one attached hydrogen (secondary N) is 2. The number of anilines is 2. The Morgan fingerprint density at radius 3 is 2.36 bits per heavy atom. The Labute approximate surface area is 171 Å². The van der Waals surface area contributed by atoms with Crippen LogP contribution in [0, 0.1) is 0 Å². The zero-order valence-corrected chi connectivity index (χ0v) is 16.9. The van der Waals surface area contributed by atoms with E-state index in [9.17, 15) is 13.2 Å². The van der Waals surface area contributed by atoms with Crippen LogP contribution < -0.4 is 10.0 Å². The van der Waals surface area contributed by atoms with E-state index in [0.29, 0.717) is 21.3 Å². The molecule has 3 aromatic rings. The number of aromatic nitrogens is 3. The van der Waals surface area contributed by atoms with E-state index in [0.717, 1.165) is 0 Å². The number of carbonyl (C=O) groups excluding carboxylic acids is 1. The van der Waals surface area contributed by atoms with E-state index < -0.39 is 10.0 Å². The predicted molar refractivity (Wildman–Crippen MR) is 107 cm³/mol. The summed E-state index contributed by atoms with van der Waals surface area (Å²) in [6.45, 7) is 1.60. The molecule has 8 nitrogen and oxygen atoms in total. The lowest BCUT2D eigenvalue weighted by atomic mass is 10.2. The third-order valence-electron chi connectivity index (χ3n) is 3.63. The Balaban J connectivity index is 1.74. The van der Waals surface area contributed by atoms with Gasteiger partial charge in [0.25, 0.3) is 16.0 Å². The number of hydrogen-bond donors (Lipinski definition) is 2. The van der Waals surface area contributed by atoms with Gasteiger partial charge < -0.3 is 5.32 Å². The summed E-state index contributed by atoms with van der Waals surface area (Å²) in [6, 6.07) is 10.8. The van der Waals surface area contributed by atoms with Crippen LogP contribution in [-0.2, 0) is 21.4 Å². The van der Waals surface area contributed by atoms with Gasteiger partial charge in [-0.15, -0.1) is 5.10 Å². The second-order valence-electron chi connectivity index (χ2n) is 5.78. The van der Waals surface area contributed by atoms with Crippen molar-refractivity contribution >= 4 is 50.8 Å². The van der Waals surface area contributed by atoms with Crippen molar-refractivity contribution in [3.63, 3.8) is 0 Å². The largest absolute Gasteiger partial charge is 0.326 e. The Hall–Kier alpha value is -2.62. The highest BCUT2D eigenvalue weighted by Crippen LogP contribution is 2.25. The molecule has 0 aliphatic rings. The molecular formula is C17H15Cl2N5O3S. The minimum Gasteiger partial charge on any atom is -0.326 e. The van der Waals surface area contributed by atoms with Crippen molar-refractivity contribution in [1.29, 1.82) is 0 Å². The third-order valence-corrected chi connectivity index (χ3v) is 5.68. The van der Waals surface area contributed by atoms with Crippen molar-refractivity contribution < 1.29 is 13.2 Å². The van der Waals surface area contributed by atoms with Gasteiger partial charge in [0, 0.05) is 28.2 Å². The maximum atomic E-state index is 12.5. The highest BCUT2D eigenvalue weighted by molar-refractivity contribution is 7.92. The van der Waals surface area contributed by atoms with Crippen LogP contribution in [0.5, 0.6) is 0 Å². The summed E-state index contributed by atoms with van der Waals surface area (Å²) in [5, 5.41) is 7.61. The topological polar surface area (TPSA) is 106 Å². The normalized spacial score (nSPS) is 11.2. The zero-order chi connectivity index (χ0) is 20.3. The number of hydrogen-bond acceptors (Lipinski definition) is 5. The number of amides is 1. The summed E-state index contributed by atoms with van der Waals surface area (Å²) in [7, 11) is -3.89. The molecule has 2 N–H and O–H groups in total.